The molecule has 1 radical (unpaired) electrons. The first kappa shape index (κ1) is 12.1. The second-order valence-corrected chi connectivity index (χ2v) is 4.73. The lowest BCUT2D eigenvalue weighted by atomic mass is 9.96. The Balaban J connectivity index is 2.36. The van der Waals surface area contributed by atoms with Gasteiger partial charge in [0, 0.05) is 6.42 Å². The number of pyridine rings is 1. The van der Waals surface area contributed by atoms with Crippen molar-refractivity contribution in [2.45, 2.75) is 20.8 Å². The maximum atomic E-state index is 5.88. The van der Waals surface area contributed by atoms with Crippen LogP contribution < -0.4 is 0 Å². The van der Waals surface area contributed by atoms with E-state index >= 15 is 0 Å². The lowest BCUT2D eigenvalue weighted by molar-refractivity contribution is 1.18. The smallest absolute Gasteiger partial charge is 0.129 e. The first-order valence-corrected chi connectivity index (χ1v) is 5.99. The molecule has 2 rings (SSSR count). The van der Waals surface area contributed by atoms with Crippen molar-refractivity contribution in [1.82, 2.24) is 4.98 Å². The molecular weight excluding hydrogens is 230 g/mol. The third kappa shape index (κ3) is 2.86. The summed E-state index contributed by atoms with van der Waals surface area (Å²) in [7, 11) is 0. The molecule has 0 N–H and O–H groups in total. The molecule has 0 aliphatic heterocycles. The Morgan fingerprint density at radius 3 is 2.29 bits per heavy atom. The molecule has 1 aromatic carbocycles. The molecule has 2 aromatic rings. The van der Waals surface area contributed by atoms with Crippen LogP contribution in [0.25, 0.3) is 0 Å². The van der Waals surface area contributed by atoms with Crippen molar-refractivity contribution in [1.29, 1.82) is 0 Å². The number of rotatable bonds is 2. The molecule has 0 aliphatic carbocycles. The van der Waals surface area contributed by atoms with Crippen molar-refractivity contribution < 1.29 is 0 Å². The second kappa shape index (κ2) is 4.89. The highest BCUT2D eigenvalue weighted by atomic mass is 35.5. The van der Waals surface area contributed by atoms with Crippen LogP contribution in [0.4, 0.5) is 0 Å². The summed E-state index contributed by atoms with van der Waals surface area (Å²) in [6, 6.07) is 10.0. The molecule has 0 saturated heterocycles. The Labute approximate surface area is 107 Å². The van der Waals surface area contributed by atoms with Crippen molar-refractivity contribution in [2.75, 3.05) is 0 Å². The number of hydrogen-bond acceptors (Lipinski definition) is 1. The van der Waals surface area contributed by atoms with Gasteiger partial charge in [-0.2, -0.15) is 0 Å². The molecule has 0 amide bonds. The molecule has 1 heterocycles. The van der Waals surface area contributed by atoms with Crippen LogP contribution in [0.2, 0.25) is 5.15 Å². The maximum Gasteiger partial charge on any atom is 0.129 e. The van der Waals surface area contributed by atoms with Crippen LogP contribution in [0.5, 0.6) is 0 Å². The predicted molar refractivity (Wildman–Crippen MR) is 72.4 cm³/mol. The van der Waals surface area contributed by atoms with E-state index in [-0.39, 0.29) is 0 Å². The van der Waals surface area contributed by atoms with E-state index in [4.69, 9.17) is 11.6 Å². The predicted octanol–water partition coefficient (Wildman–Crippen LogP) is 4.26. The van der Waals surface area contributed by atoms with Crippen LogP contribution in [0, 0.1) is 27.2 Å². The molecule has 0 fully saturated rings. The first-order valence-electron chi connectivity index (χ1n) is 5.61. The van der Waals surface area contributed by atoms with Crippen LogP contribution in [-0.4, -0.2) is 4.98 Å². The van der Waals surface area contributed by atoms with E-state index in [1.807, 2.05) is 12.1 Å². The summed E-state index contributed by atoms with van der Waals surface area (Å²) in [5.41, 5.74) is 5.95. The van der Waals surface area contributed by atoms with E-state index < -0.39 is 0 Å². The molecule has 0 bridgehead atoms. The number of hydrogen-bond donors (Lipinski definition) is 0. The molecule has 1 nitrogen and oxygen atoms in total. The van der Waals surface area contributed by atoms with Gasteiger partial charge in [0.15, 0.2) is 0 Å². The summed E-state index contributed by atoms with van der Waals surface area (Å²) >= 11 is 5.88. The van der Waals surface area contributed by atoms with Crippen molar-refractivity contribution in [3.05, 3.63) is 69.9 Å². The Morgan fingerprint density at radius 1 is 1.06 bits per heavy atom. The fraction of sp³-hybridized carbons (Fsp3) is 0.200. The Morgan fingerprint density at radius 2 is 1.71 bits per heavy atom. The minimum absolute atomic E-state index is 0.529. The van der Waals surface area contributed by atoms with Crippen LogP contribution in [0.15, 0.2) is 30.3 Å². The third-order valence-electron chi connectivity index (χ3n) is 2.77. The molecule has 87 valence electrons. The lowest BCUT2D eigenvalue weighted by Crippen LogP contribution is -1.96. The first-order chi connectivity index (χ1) is 8.06. The van der Waals surface area contributed by atoms with Crippen LogP contribution in [0.3, 0.4) is 0 Å². The molecule has 0 spiro atoms. The normalized spacial score (nSPS) is 10.6. The van der Waals surface area contributed by atoms with E-state index in [0.717, 1.165) is 5.69 Å². The number of aromatic nitrogens is 1. The Bertz CT molecular complexity index is 523. The number of aryl methyl sites for hydroxylation is 3. The van der Waals surface area contributed by atoms with E-state index in [1.54, 1.807) is 6.07 Å². The zero-order chi connectivity index (χ0) is 12.4. The molecule has 1 aromatic heterocycles. The second-order valence-electron chi connectivity index (χ2n) is 4.34. The molecule has 0 unspecified atom stereocenters. The van der Waals surface area contributed by atoms with Crippen molar-refractivity contribution in [3.63, 3.8) is 0 Å². The monoisotopic (exact) mass is 244 g/mol. The molecule has 0 atom stereocenters. The lowest BCUT2D eigenvalue weighted by Gasteiger charge is -2.10. The number of halogens is 1. The van der Waals surface area contributed by atoms with E-state index in [1.165, 1.54) is 22.3 Å². The number of benzene rings is 1. The molecule has 17 heavy (non-hydrogen) atoms. The minimum Gasteiger partial charge on any atom is -0.240 e. The third-order valence-corrected chi connectivity index (χ3v) is 2.98. The van der Waals surface area contributed by atoms with Gasteiger partial charge in [-0.15, -0.1) is 0 Å². The van der Waals surface area contributed by atoms with Gasteiger partial charge in [-0.3, -0.25) is 0 Å². The standard InChI is InChI=1S/C15H15ClN/c1-10-7-11(2)14(12(3)8-10)9-13-5-4-6-15(16)17-13/h4-9H,1-3H3. The summed E-state index contributed by atoms with van der Waals surface area (Å²) in [6.07, 6.45) is 2.08. The molecule has 2 heteroatoms. The highest BCUT2D eigenvalue weighted by molar-refractivity contribution is 6.29. The molecule has 0 aliphatic rings. The fourth-order valence-electron chi connectivity index (χ4n) is 2.07. The van der Waals surface area contributed by atoms with E-state index in [0.29, 0.717) is 5.15 Å². The van der Waals surface area contributed by atoms with Gasteiger partial charge in [-0.25, -0.2) is 4.98 Å². The fourth-order valence-corrected chi connectivity index (χ4v) is 2.24. The van der Waals surface area contributed by atoms with Gasteiger partial charge < -0.3 is 0 Å². The van der Waals surface area contributed by atoms with Gasteiger partial charge in [0.1, 0.15) is 5.15 Å². The minimum atomic E-state index is 0.529. The van der Waals surface area contributed by atoms with Gasteiger partial charge in [0.05, 0.1) is 5.69 Å². The molecule has 0 saturated carbocycles. The van der Waals surface area contributed by atoms with Gasteiger partial charge in [0.2, 0.25) is 0 Å². The topological polar surface area (TPSA) is 12.9 Å². The SMILES string of the molecule is Cc1cc(C)c([CH]c2cccc(Cl)n2)c(C)c1. The zero-order valence-corrected chi connectivity index (χ0v) is 11.0. The number of nitrogens with zero attached hydrogens (tertiary/aromatic N) is 1. The van der Waals surface area contributed by atoms with E-state index in [9.17, 15) is 0 Å². The largest absolute Gasteiger partial charge is 0.240 e. The van der Waals surface area contributed by atoms with E-state index in [2.05, 4.69) is 44.3 Å². The van der Waals surface area contributed by atoms with Crippen LogP contribution in [-0.2, 0) is 0 Å². The average Bonchev–Trinajstić information content (AvgIpc) is 2.23. The van der Waals surface area contributed by atoms with Crippen LogP contribution in [0.1, 0.15) is 27.9 Å². The van der Waals surface area contributed by atoms with Gasteiger partial charge in [0.25, 0.3) is 0 Å². The summed E-state index contributed by atoms with van der Waals surface area (Å²) in [4.78, 5) is 4.28. The maximum absolute atomic E-state index is 5.88. The average molecular weight is 245 g/mol. The van der Waals surface area contributed by atoms with Gasteiger partial charge in [-0.1, -0.05) is 35.4 Å². The van der Waals surface area contributed by atoms with Crippen molar-refractivity contribution in [2.24, 2.45) is 0 Å². The van der Waals surface area contributed by atoms with Gasteiger partial charge in [-0.05, 0) is 49.6 Å². The highest BCUT2D eigenvalue weighted by Gasteiger charge is 2.06. The van der Waals surface area contributed by atoms with Gasteiger partial charge >= 0.3 is 0 Å². The van der Waals surface area contributed by atoms with Crippen LogP contribution >= 0.6 is 11.6 Å². The van der Waals surface area contributed by atoms with Crippen molar-refractivity contribution in [3.8, 4) is 0 Å². The zero-order valence-electron chi connectivity index (χ0n) is 10.3. The summed E-state index contributed by atoms with van der Waals surface area (Å²) in [5, 5.41) is 0.529. The molecular formula is C15H15ClN. The summed E-state index contributed by atoms with van der Waals surface area (Å²) in [5.74, 6) is 0. The summed E-state index contributed by atoms with van der Waals surface area (Å²) < 4.78 is 0. The summed E-state index contributed by atoms with van der Waals surface area (Å²) in [6.45, 7) is 6.36. The quantitative estimate of drug-likeness (QED) is 0.720. The van der Waals surface area contributed by atoms with Crippen molar-refractivity contribution >= 4 is 11.6 Å². The highest BCUT2D eigenvalue weighted by Crippen LogP contribution is 2.21. The Hall–Kier alpha value is -1.34. The Kier molecular flexibility index (Phi) is 3.49.